The molecule has 3 N–H and O–H groups in total. The van der Waals surface area contributed by atoms with Crippen LogP contribution < -0.4 is 16.0 Å². The van der Waals surface area contributed by atoms with E-state index in [4.69, 9.17) is 22.2 Å². The van der Waals surface area contributed by atoms with E-state index in [1.54, 1.807) is 13.1 Å². The Bertz CT molecular complexity index is 499. The summed E-state index contributed by atoms with van der Waals surface area (Å²) >= 11 is 5.90. The molecule has 0 aliphatic rings. The van der Waals surface area contributed by atoms with Crippen LogP contribution in [0.2, 0.25) is 5.02 Å². The molecule has 8 nitrogen and oxygen atoms in total. The Morgan fingerprint density at radius 1 is 1.41 bits per heavy atom. The molecule has 0 bridgehead atoms. The second-order valence-electron chi connectivity index (χ2n) is 3.10. The molecule has 0 unspecified atom stereocenters. The van der Waals surface area contributed by atoms with E-state index in [9.17, 15) is 0 Å². The van der Waals surface area contributed by atoms with E-state index in [0.29, 0.717) is 10.7 Å². The van der Waals surface area contributed by atoms with Crippen LogP contribution in [0.5, 0.6) is 6.01 Å². The number of nitrogens with one attached hydrogen (secondary N) is 1. The number of nitrogen functional groups attached to an aromatic ring is 1. The summed E-state index contributed by atoms with van der Waals surface area (Å²) in [5.74, 6) is 5.68. The van der Waals surface area contributed by atoms with Crippen LogP contribution in [-0.2, 0) is 0 Å². The normalized spacial score (nSPS) is 10.4. The molecule has 0 atom stereocenters. The van der Waals surface area contributed by atoms with Gasteiger partial charge in [-0.15, -0.1) is 0 Å². The van der Waals surface area contributed by atoms with Gasteiger partial charge in [0.1, 0.15) is 0 Å². The first-order valence-corrected chi connectivity index (χ1v) is 5.00. The zero-order valence-corrected chi connectivity index (χ0v) is 9.93. The molecule has 0 aliphatic carbocycles. The standard InChI is InChI=1S/C8H10ClN7O/c1-4-5(9)3-16(15-4)7-11-6(14-10)12-8(13-7)17-2/h3H,10H2,1-2H3,(H,11,12,13,14). The number of nitrogens with zero attached hydrogens (tertiary/aromatic N) is 5. The van der Waals surface area contributed by atoms with Gasteiger partial charge in [0.15, 0.2) is 0 Å². The van der Waals surface area contributed by atoms with Crippen molar-refractivity contribution in [2.75, 3.05) is 12.5 Å². The van der Waals surface area contributed by atoms with Crippen molar-refractivity contribution < 1.29 is 4.74 Å². The molecule has 0 saturated heterocycles. The molecule has 2 aromatic rings. The minimum atomic E-state index is 0.132. The van der Waals surface area contributed by atoms with Crippen molar-refractivity contribution in [3.63, 3.8) is 0 Å². The van der Waals surface area contributed by atoms with Crippen LogP contribution in [0.25, 0.3) is 5.95 Å². The first-order chi connectivity index (χ1) is 8.13. The Kier molecular flexibility index (Phi) is 3.07. The zero-order chi connectivity index (χ0) is 12.4. The van der Waals surface area contributed by atoms with Gasteiger partial charge in [-0.1, -0.05) is 11.6 Å². The summed E-state index contributed by atoms with van der Waals surface area (Å²) < 4.78 is 6.34. The summed E-state index contributed by atoms with van der Waals surface area (Å²) in [5, 5.41) is 4.66. The van der Waals surface area contributed by atoms with Crippen molar-refractivity contribution in [1.29, 1.82) is 0 Å². The van der Waals surface area contributed by atoms with E-state index in [1.165, 1.54) is 11.8 Å². The summed E-state index contributed by atoms with van der Waals surface area (Å²) in [6.45, 7) is 1.78. The minimum absolute atomic E-state index is 0.132. The van der Waals surface area contributed by atoms with Gasteiger partial charge in [0.05, 0.1) is 24.0 Å². The second kappa shape index (κ2) is 4.52. The molecule has 90 valence electrons. The number of rotatable bonds is 3. The van der Waals surface area contributed by atoms with E-state index in [0.717, 1.165) is 0 Å². The van der Waals surface area contributed by atoms with Gasteiger partial charge in [0.2, 0.25) is 5.95 Å². The van der Waals surface area contributed by atoms with Crippen LogP contribution in [0.15, 0.2) is 6.20 Å². The number of hydrazine groups is 1. The fourth-order valence-corrected chi connectivity index (χ4v) is 1.28. The number of aromatic nitrogens is 5. The van der Waals surface area contributed by atoms with Crippen LogP contribution in [0.4, 0.5) is 5.95 Å². The lowest BCUT2D eigenvalue weighted by Crippen LogP contribution is -2.14. The van der Waals surface area contributed by atoms with Crippen LogP contribution in [-0.4, -0.2) is 31.8 Å². The van der Waals surface area contributed by atoms with Crippen molar-refractivity contribution >= 4 is 17.5 Å². The monoisotopic (exact) mass is 255 g/mol. The van der Waals surface area contributed by atoms with E-state index in [-0.39, 0.29) is 17.9 Å². The third-order valence-corrected chi connectivity index (χ3v) is 2.33. The number of hydrogen-bond donors (Lipinski definition) is 2. The van der Waals surface area contributed by atoms with Gasteiger partial charge in [0, 0.05) is 0 Å². The van der Waals surface area contributed by atoms with Crippen molar-refractivity contribution in [2.45, 2.75) is 6.92 Å². The van der Waals surface area contributed by atoms with Crippen molar-refractivity contribution in [3.8, 4) is 12.0 Å². The number of hydrogen-bond acceptors (Lipinski definition) is 7. The lowest BCUT2D eigenvalue weighted by molar-refractivity contribution is 0.377. The van der Waals surface area contributed by atoms with E-state index < -0.39 is 0 Å². The summed E-state index contributed by atoms with van der Waals surface area (Å²) in [5.41, 5.74) is 2.99. The molecule has 0 aliphatic heterocycles. The fraction of sp³-hybridized carbons (Fsp3) is 0.250. The van der Waals surface area contributed by atoms with Crippen LogP contribution >= 0.6 is 11.6 Å². The number of anilines is 1. The summed E-state index contributed by atoms with van der Waals surface area (Å²) in [6.07, 6.45) is 1.59. The first kappa shape index (κ1) is 11.6. The number of aryl methyl sites for hydroxylation is 1. The Labute approximate surface area is 102 Å². The predicted molar refractivity (Wildman–Crippen MR) is 61.1 cm³/mol. The van der Waals surface area contributed by atoms with Gasteiger partial charge in [0.25, 0.3) is 5.95 Å². The Morgan fingerprint density at radius 2 is 2.18 bits per heavy atom. The van der Waals surface area contributed by atoms with Gasteiger partial charge < -0.3 is 4.74 Å². The second-order valence-corrected chi connectivity index (χ2v) is 3.50. The Balaban J connectivity index is 2.50. The van der Waals surface area contributed by atoms with Gasteiger partial charge in [-0.05, 0) is 6.92 Å². The quantitative estimate of drug-likeness (QED) is 0.601. The molecule has 2 rings (SSSR count). The van der Waals surface area contributed by atoms with Crippen LogP contribution in [0.1, 0.15) is 5.69 Å². The predicted octanol–water partition coefficient (Wildman–Crippen LogP) is 0.313. The summed E-state index contributed by atoms with van der Waals surface area (Å²) in [7, 11) is 1.45. The van der Waals surface area contributed by atoms with Gasteiger partial charge in [-0.25, -0.2) is 10.5 Å². The summed E-state index contributed by atoms with van der Waals surface area (Å²) in [6, 6.07) is 0.132. The maximum atomic E-state index is 5.90. The molecule has 2 heterocycles. The molecule has 17 heavy (non-hydrogen) atoms. The number of ether oxygens (including phenoxy) is 1. The lowest BCUT2D eigenvalue weighted by atomic mass is 10.5. The average Bonchev–Trinajstić information content (AvgIpc) is 2.69. The number of halogens is 1. The van der Waals surface area contributed by atoms with E-state index in [1.807, 2.05) is 0 Å². The number of nitrogens with two attached hydrogens (primary N) is 1. The van der Waals surface area contributed by atoms with E-state index >= 15 is 0 Å². The lowest BCUT2D eigenvalue weighted by Gasteiger charge is -2.04. The average molecular weight is 256 g/mol. The maximum absolute atomic E-state index is 5.90. The highest BCUT2D eigenvalue weighted by Gasteiger charge is 2.10. The third kappa shape index (κ3) is 2.27. The van der Waals surface area contributed by atoms with Crippen LogP contribution in [0, 0.1) is 6.92 Å². The van der Waals surface area contributed by atoms with Crippen molar-refractivity contribution in [1.82, 2.24) is 24.7 Å². The Hall–Kier alpha value is -1.93. The molecule has 0 spiro atoms. The molecular weight excluding hydrogens is 246 g/mol. The molecule has 9 heteroatoms. The maximum Gasteiger partial charge on any atom is 0.322 e. The third-order valence-electron chi connectivity index (χ3n) is 1.96. The summed E-state index contributed by atoms with van der Waals surface area (Å²) in [4.78, 5) is 11.9. The molecule has 2 aromatic heterocycles. The van der Waals surface area contributed by atoms with Crippen molar-refractivity contribution in [2.24, 2.45) is 5.84 Å². The molecule has 0 radical (unpaired) electrons. The van der Waals surface area contributed by atoms with Gasteiger partial charge in [-0.2, -0.15) is 20.1 Å². The zero-order valence-electron chi connectivity index (χ0n) is 9.18. The minimum Gasteiger partial charge on any atom is -0.467 e. The molecule has 0 saturated carbocycles. The fourth-order valence-electron chi connectivity index (χ4n) is 1.15. The Morgan fingerprint density at radius 3 is 2.71 bits per heavy atom. The largest absolute Gasteiger partial charge is 0.467 e. The van der Waals surface area contributed by atoms with Crippen LogP contribution in [0.3, 0.4) is 0 Å². The van der Waals surface area contributed by atoms with Gasteiger partial charge >= 0.3 is 6.01 Å². The molecule has 0 amide bonds. The molecular formula is C8H10ClN7O. The van der Waals surface area contributed by atoms with E-state index in [2.05, 4.69) is 25.5 Å². The topological polar surface area (TPSA) is 104 Å². The smallest absolute Gasteiger partial charge is 0.322 e. The number of methoxy groups -OCH3 is 1. The van der Waals surface area contributed by atoms with Gasteiger partial charge in [-0.3, -0.25) is 5.43 Å². The molecule has 0 fully saturated rings. The SMILES string of the molecule is COc1nc(NN)nc(-n2cc(Cl)c(C)n2)n1. The highest BCUT2D eigenvalue weighted by molar-refractivity contribution is 6.31. The first-order valence-electron chi connectivity index (χ1n) is 4.63. The van der Waals surface area contributed by atoms with Crippen molar-refractivity contribution in [3.05, 3.63) is 16.9 Å². The molecule has 0 aromatic carbocycles. The highest BCUT2D eigenvalue weighted by Crippen LogP contribution is 2.16. The highest BCUT2D eigenvalue weighted by atomic mass is 35.5.